The van der Waals surface area contributed by atoms with Gasteiger partial charge in [-0.15, -0.1) is 0 Å². The van der Waals surface area contributed by atoms with Gasteiger partial charge in [-0.3, -0.25) is 4.79 Å². The summed E-state index contributed by atoms with van der Waals surface area (Å²) in [5.74, 6) is -0.235. The van der Waals surface area contributed by atoms with E-state index in [0.29, 0.717) is 6.42 Å². The van der Waals surface area contributed by atoms with Crippen LogP contribution in [0, 0.1) is 13.8 Å². The molecule has 88 valence electrons. The van der Waals surface area contributed by atoms with Gasteiger partial charge in [0, 0.05) is 4.47 Å². The summed E-state index contributed by atoms with van der Waals surface area (Å²) in [6.45, 7) is 4.09. The zero-order valence-corrected chi connectivity index (χ0v) is 12.7. The lowest BCUT2D eigenvalue weighted by atomic mass is 9.99. The second-order valence-corrected chi connectivity index (χ2v) is 5.73. The van der Waals surface area contributed by atoms with Gasteiger partial charge in [0.1, 0.15) is 4.83 Å². The number of aryl methyl sites for hydroxylation is 2. The zero-order chi connectivity index (χ0) is 12.3. The third kappa shape index (κ3) is 3.32. The maximum absolute atomic E-state index is 11.3. The van der Waals surface area contributed by atoms with Crippen LogP contribution in [0.25, 0.3) is 0 Å². The Morgan fingerprint density at radius 2 is 1.88 bits per heavy atom. The summed E-state index contributed by atoms with van der Waals surface area (Å²) < 4.78 is 5.76. The van der Waals surface area contributed by atoms with Gasteiger partial charge in [0.05, 0.1) is 7.11 Å². The molecular formula is C12H14Br2O2. The highest BCUT2D eigenvalue weighted by Gasteiger charge is 2.18. The van der Waals surface area contributed by atoms with Gasteiger partial charge in [-0.25, -0.2) is 0 Å². The Bertz CT molecular complexity index is 379. The minimum atomic E-state index is -0.281. The maximum atomic E-state index is 11.3. The number of halogens is 2. The van der Waals surface area contributed by atoms with Gasteiger partial charge in [-0.2, -0.15) is 0 Å². The van der Waals surface area contributed by atoms with Crippen LogP contribution in [-0.2, 0) is 16.0 Å². The predicted molar refractivity (Wildman–Crippen MR) is 72.1 cm³/mol. The molecule has 0 saturated carbocycles. The molecule has 0 aromatic heterocycles. The number of rotatable bonds is 3. The second-order valence-electron chi connectivity index (χ2n) is 3.71. The standard InChI is InChI=1S/C12H14Br2O2/c1-7-4-9(13)5-8(2)10(7)6-11(14)12(15)16-3/h4-5,11H,6H2,1-3H3. The largest absolute Gasteiger partial charge is 0.468 e. The second kappa shape index (κ2) is 5.82. The Morgan fingerprint density at radius 1 is 1.38 bits per heavy atom. The normalized spacial score (nSPS) is 12.3. The summed E-state index contributed by atoms with van der Waals surface area (Å²) in [7, 11) is 1.40. The van der Waals surface area contributed by atoms with Crippen molar-refractivity contribution >= 4 is 37.8 Å². The van der Waals surface area contributed by atoms with Crippen molar-refractivity contribution in [1.82, 2.24) is 0 Å². The SMILES string of the molecule is COC(=O)C(Br)Cc1c(C)cc(Br)cc1C. The van der Waals surface area contributed by atoms with Crippen molar-refractivity contribution in [2.75, 3.05) is 7.11 Å². The van der Waals surface area contributed by atoms with E-state index in [1.165, 1.54) is 23.8 Å². The molecule has 2 nitrogen and oxygen atoms in total. The fourth-order valence-electron chi connectivity index (χ4n) is 1.65. The lowest BCUT2D eigenvalue weighted by Crippen LogP contribution is -2.19. The van der Waals surface area contributed by atoms with Crippen molar-refractivity contribution < 1.29 is 9.53 Å². The van der Waals surface area contributed by atoms with Crippen LogP contribution in [0.2, 0.25) is 0 Å². The molecule has 1 rings (SSSR count). The van der Waals surface area contributed by atoms with E-state index >= 15 is 0 Å². The van der Waals surface area contributed by atoms with Gasteiger partial charge in [0.2, 0.25) is 0 Å². The van der Waals surface area contributed by atoms with E-state index in [-0.39, 0.29) is 10.8 Å². The first-order valence-corrected chi connectivity index (χ1v) is 6.64. The van der Waals surface area contributed by atoms with Crippen LogP contribution in [-0.4, -0.2) is 17.9 Å². The molecule has 0 spiro atoms. The van der Waals surface area contributed by atoms with Gasteiger partial charge in [0.15, 0.2) is 0 Å². The minimum absolute atomic E-state index is 0.235. The lowest BCUT2D eigenvalue weighted by Gasteiger charge is -2.13. The molecule has 0 aliphatic carbocycles. The van der Waals surface area contributed by atoms with Crippen molar-refractivity contribution in [2.45, 2.75) is 25.1 Å². The fourth-order valence-corrected chi connectivity index (χ4v) is 2.85. The van der Waals surface area contributed by atoms with Crippen LogP contribution in [0.5, 0.6) is 0 Å². The van der Waals surface area contributed by atoms with Crippen LogP contribution in [0.15, 0.2) is 16.6 Å². The van der Waals surface area contributed by atoms with E-state index in [1.807, 2.05) is 13.8 Å². The van der Waals surface area contributed by atoms with Crippen LogP contribution < -0.4 is 0 Å². The number of alkyl halides is 1. The van der Waals surface area contributed by atoms with Gasteiger partial charge in [-0.05, 0) is 49.1 Å². The fraction of sp³-hybridized carbons (Fsp3) is 0.417. The zero-order valence-electron chi connectivity index (χ0n) is 9.51. The third-order valence-corrected chi connectivity index (χ3v) is 3.66. The number of hydrogen-bond donors (Lipinski definition) is 0. The van der Waals surface area contributed by atoms with Gasteiger partial charge in [-0.1, -0.05) is 31.9 Å². The molecule has 0 fully saturated rings. The number of carbonyl (C=O) groups excluding carboxylic acids is 1. The van der Waals surface area contributed by atoms with Gasteiger partial charge >= 0.3 is 5.97 Å². The summed E-state index contributed by atoms with van der Waals surface area (Å²) in [6, 6.07) is 4.11. The van der Waals surface area contributed by atoms with Crippen molar-refractivity contribution in [2.24, 2.45) is 0 Å². The smallest absolute Gasteiger partial charge is 0.319 e. The van der Waals surface area contributed by atoms with Crippen molar-refractivity contribution in [3.05, 3.63) is 33.3 Å². The first-order valence-electron chi connectivity index (χ1n) is 4.93. The quantitative estimate of drug-likeness (QED) is 0.616. The molecule has 1 aromatic rings. The van der Waals surface area contributed by atoms with Crippen molar-refractivity contribution in [1.29, 1.82) is 0 Å². The highest BCUT2D eigenvalue weighted by atomic mass is 79.9. The van der Waals surface area contributed by atoms with Crippen molar-refractivity contribution in [3.63, 3.8) is 0 Å². The van der Waals surface area contributed by atoms with Gasteiger partial charge < -0.3 is 4.74 Å². The molecule has 0 radical (unpaired) electrons. The van der Waals surface area contributed by atoms with E-state index in [9.17, 15) is 4.79 Å². The number of ether oxygens (including phenoxy) is 1. The Labute approximate surface area is 113 Å². The first kappa shape index (κ1) is 13.7. The summed E-state index contributed by atoms with van der Waals surface area (Å²) in [5, 5.41) is 0. The molecular weight excluding hydrogens is 336 g/mol. The van der Waals surface area contributed by atoms with Crippen LogP contribution in [0.3, 0.4) is 0 Å². The highest BCUT2D eigenvalue weighted by molar-refractivity contribution is 9.10. The van der Waals surface area contributed by atoms with E-state index in [2.05, 4.69) is 44.0 Å². The number of esters is 1. The average molecular weight is 350 g/mol. The molecule has 1 atom stereocenters. The first-order chi connectivity index (χ1) is 7.45. The summed E-state index contributed by atoms with van der Waals surface area (Å²) in [4.78, 5) is 11.0. The Kier molecular flexibility index (Phi) is 4.99. The molecule has 16 heavy (non-hydrogen) atoms. The number of methoxy groups -OCH3 is 1. The summed E-state index contributed by atoms with van der Waals surface area (Å²) >= 11 is 6.79. The highest BCUT2D eigenvalue weighted by Crippen LogP contribution is 2.23. The minimum Gasteiger partial charge on any atom is -0.468 e. The Hall–Kier alpha value is -0.350. The van der Waals surface area contributed by atoms with E-state index in [0.717, 1.165) is 4.47 Å². The lowest BCUT2D eigenvalue weighted by molar-refractivity contribution is -0.139. The molecule has 0 heterocycles. The molecule has 1 unspecified atom stereocenters. The average Bonchev–Trinajstić information content (AvgIpc) is 2.21. The van der Waals surface area contributed by atoms with E-state index in [1.54, 1.807) is 0 Å². The molecule has 4 heteroatoms. The number of benzene rings is 1. The van der Waals surface area contributed by atoms with Gasteiger partial charge in [0.25, 0.3) is 0 Å². The van der Waals surface area contributed by atoms with E-state index in [4.69, 9.17) is 4.74 Å². The topological polar surface area (TPSA) is 26.3 Å². The molecule has 0 amide bonds. The Morgan fingerprint density at radius 3 is 2.31 bits per heavy atom. The molecule has 0 bridgehead atoms. The molecule has 0 aliphatic heterocycles. The monoisotopic (exact) mass is 348 g/mol. The number of carbonyl (C=O) groups is 1. The maximum Gasteiger partial charge on any atom is 0.319 e. The summed E-state index contributed by atoms with van der Waals surface area (Å²) in [5.41, 5.74) is 3.55. The number of hydrogen-bond acceptors (Lipinski definition) is 2. The molecule has 1 aromatic carbocycles. The third-order valence-electron chi connectivity index (χ3n) is 2.50. The molecule has 0 saturated heterocycles. The van der Waals surface area contributed by atoms with E-state index < -0.39 is 0 Å². The van der Waals surface area contributed by atoms with Crippen LogP contribution in [0.4, 0.5) is 0 Å². The van der Waals surface area contributed by atoms with Crippen molar-refractivity contribution in [3.8, 4) is 0 Å². The molecule has 0 N–H and O–H groups in total. The predicted octanol–water partition coefficient (Wildman–Crippen LogP) is 3.54. The van der Waals surface area contributed by atoms with Crippen LogP contribution in [0.1, 0.15) is 16.7 Å². The Balaban J connectivity index is 2.93. The van der Waals surface area contributed by atoms with Crippen LogP contribution >= 0.6 is 31.9 Å². The molecule has 0 aliphatic rings. The summed E-state index contributed by atoms with van der Waals surface area (Å²) in [6.07, 6.45) is 0.650.